The lowest BCUT2D eigenvalue weighted by molar-refractivity contribution is 0.524. The maximum atomic E-state index is 6.68. The van der Waals surface area contributed by atoms with Crippen LogP contribution in [-0.4, -0.2) is 0 Å². The van der Waals surface area contributed by atoms with E-state index in [1.807, 2.05) is 0 Å². The van der Waals surface area contributed by atoms with Gasteiger partial charge in [0.05, 0.1) is 0 Å². The molecule has 47 heavy (non-hydrogen) atoms. The lowest BCUT2D eigenvalue weighted by Gasteiger charge is -2.25. The van der Waals surface area contributed by atoms with Crippen molar-refractivity contribution in [2.75, 3.05) is 0 Å². The molecular formula is C45H86ClN. The van der Waals surface area contributed by atoms with Crippen LogP contribution in [0.1, 0.15) is 250 Å². The van der Waals surface area contributed by atoms with Crippen LogP contribution in [-0.2, 0) is 18.4 Å². The zero-order chi connectivity index (χ0) is 33.4. The standard InChI is InChI=1S/C45H85N.ClH/c1-5-7-9-11-13-15-17-19-21-23-25-27-29-31-33-35-38-42-39-37-41-44(45(3,4)46)43(42)40-36-34-32-30-28-26-24-22-20-18-16-14-12-10-8-6-2;/h37,39,41H,5-36,38,40,46H2,1-4H3;1H. The van der Waals surface area contributed by atoms with Gasteiger partial charge in [0.1, 0.15) is 0 Å². The van der Waals surface area contributed by atoms with Crippen LogP contribution in [0.2, 0.25) is 0 Å². The summed E-state index contributed by atoms with van der Waals surface area (Å²) in [4.78, 5) is 0. The van der Waals surface area contributed by atoms with Crippen LogP contribution in [0.5, 0.6) is 0 Å². The Morgan fingerprint density at radius 2 is 0.681 bits per heavy atom. The van der Waals surface area contributed by atoms with E-state index in [-0.39, 0.29) is 17.9 Å². The van der Waals surface area contributed by atoms with Gasteiger partial charge in [0.25, 0.3) is 0 Å². The minimum absolute atomic E-state index is 0. The molecule has 1 aromatic carbocycles. The summed E-state index contributed by atoms with van der Waals surface area (Å²) in [6.45, 7) is 9.00. The van der Waals surface area contributed by atoms with E-state index in [0.717, 1.165) is 0 Å². The highest BCUT2D eigenvalue weighted by Gasteiger charge is 2.20. The summed E-state index contributed by atoms with van der Waals surface area (Å²) in [7, 11) is 0. The fraction of sp³-hybridized carbons (Fsp3) is 0.867. The fourth-order valence-electron chi connectivity index (χ4n) is 7.48. The molecular weight excluding hydrogens is 590 g/mol. The van der Waals surface area contributed by atoms with E-state index in [1.165, 1.54) is 224 Å². The molecule has 1 aromatic rings. The molecule has 0 heterocycles. The van der Waals surface area contributed by atoms with E-state index in [2.05, 4.69) is 45.9 Å². The zero-order valence-electron chi connectivity index (χ0n) is 32.8. The first-order valence-corrected chi connectivity index (χ1v) is 21.4. The van der Waals surface area contributed by atoms with Gasteiger partial charge >= 0.3 is 0 Å². The van der Waals surface area contributed by atoms with Crippen molar-refractivity contribution in [3.8, 4) is 0 Å². The van der Waals surface area contributed by atoms with Crippen LogP contribution in [0, 0.1) is 0 Å². The van der Waals surface area contributed by atoms with Crippen molar-refractivity contribution < 1.29 is 0 Å². The van der Waals surface area contributed by atoms with Crippen molar-refractivity contribution in [1.29, 1.82) is 0 Å². The number of aryl methyl sites for hydroxylation is 1. The monoisotopic (exact) mass is 676 g/mol. The van der Waals surface area contributed by atoms with E-state index < -0.39 is 0 Å². The number of hydrogen-bond donors (Lipinski definition) is 1. The Kier molecular flexibility index (Phi) is 33.6. The van der Waals surface area contributed by atoms with E-state index in [0.29, 0.717) is 0 Å². The summed E-state index contributed by atoms with van der Waals surface area (Å²) in [6, 6.07) is 6.98. The molecule has 0 fully saturated rings. The summed E-state index contributed by atoms with van der Waals surface area (Å²) in [5.74, 6) is 0. The Hall–Kier alpha value is -0.530. The second-order valence-electron chi connectivity index (χ2n) is 15.8. The Balaban J connectivity index is 0.0000212. The average Bonchev–Trinajstić information content (AvgIpc) is 3.04. The average molecular weight is 677 g/mol. The van der Waals surface area contributed by atoms with Crippen molar-refractivity contribution in [1.82, 2.24) is 0 Å². The minimum Gasteiger partial charge on any atom is -0.322 e. The van der Waals surface area contributed by atoms with Gasteiger partial charge in [-0.3, -0.25) is 0 Å². The predicted molar refractivity (Wildman–Crippen MR) is 217 cm³/mol. The third-order valence-corrected chi connectivity index (χ3v) is 10.5. The van der Waals surface area contributed by atoms with Gasteiger partial charge in [0, 0.05) is 5.54 Å². The maximum absolute atomic E-state index is 6.68. The Morgan fingerprint density at radius 3 is 0.979 bits per heavy atom. The van der Waals surface area contributed by atoms with Crippen LogP contribution < -0.4 is 5.73 Å². The first kappa shape index (κ1) is 46.5. The largest absolute Gasteiger partial charge is 0.322 e. The quantitative estimate of drug-likeness (QED) is 0.0712. The van der Waals surface area contributed by atoms with E-state index in [4.69, 9.17) is 5.73 Å². The second-order valence-corrected chi connectivity index (χ2v) is 15.8. The molecule has 0 saturated carbocycles. The van der Waals surface area contributed by atoms with Gasteiger partial charge in [-0.1, -0.05) is 225 Å². The van der Waals surface area contributed by atoms with Gasteiger partial charge in [0.15, 0.2) is 0 Å². The molecule has 0 radical (unpaired) electrons. The topological polar surface area (TPSA) is 26.0 Å². The van der Waals surface area contributed by atoms with Gasteiger partial charge in [-0.05, 0) is 56.2 Å². The molecule has 0 aliphatic rings. The number of rotatable bonds is 35. The van der Waals surface area contributed by atoms with Gasteiger partial charge in [0.2, 0.25) is 0 Å². The molecule has 0 aliphatic carbocycles. The number of unbranched alkanes of at least 4 members (excludes halogenated alkanes) is 30. The second kappa shape index (κ2) is 33.9. The summed E-state index contributed by atoms with van der Waals surface area (Å²) in [5, 5.41) is 0. The molecule has 0 atom stereocenters. The molecule has 2 N–H and O–H groups in total. The van der Waals surface area contributed by atoms with Crippen LogP contribution in [0.3, 0.4) is 0 Å². The van der Waals surface area contributed by atoms with Crippen LogP contribution in [0.25, 0.3) is 0 Å². The van der Waals surface area contributed by atoms with Gasteiger partial charge in [-0.2, -0.15) is 0 Å². The Morgan fingerprint density at radius 1 is 0.404 bits per heavy atom. The molecule has 0 saturated heterocycles. The first-order chi connectivity index (χ1) is 22.5. The minimum atomic E-state index is -0.255. The molecule has 1 nitrogen and oxygen atoms in total. The van der Waals surface area contributed by atoms with E-state index in [9.17, 15) is 0 Å². The van der Waals surface area contributed by atoms with E-state index >= 15 is 0 Å². The van der Waals surface area contributed by atoms with E-state index in [1.54, 1.807) is 11.1 Å². The Labute approximate surface area is 303 Å². The highest BCUT2D eigenvalue weighted by molar-refractivity contribution is 5.85. The van der Waals surface area contributed by atoms with Crippen molar-refractivity contribution in [3.05, 3.63) is 34.9 Å². The summed E-state index contributed by atoms with van der Waals surface area (Å²) >= 11 is 0. The van der Waals surface area contributed by atoms with Crippen LogP contribution >= 0.6 is 12.4 Å². The lowest BCUT2D eigenvalue weighted by Crippen LogP contribution is -2.30. The van der Waals surface area contributed by atoms with Gasteiger partial charge in [-0.25, -0.2) is 0 Å². The normalized spacial score (nSPS) is 11.7. The number of benzene rings is 1. The first-order valence-electron chi connectivity index (χ1n) is 21.4. The molecule has 1 rings (SSSR count). The summed E-state index contributed by atoms with van der Waals surface area (Å²) in [6.07, 6.45) is 48.3. The maximum Gasteiger partial charge on any atom is 0.0355 e. The molecule has 0 aliphatic heterocycles. The molecule has 0 bridgehead atoms. The van der Waals surface area contributed by atoms with Crippen LogP contribution in [0.4, 0.5) is 0 Å². The highest BCUT2D eigenvalue weighted by Crippen LogP contribution is 2.28. The van der Waals surface area contributed by atoms with Gasteiger partial charge < -0.3 is 5.73 Å². The van der Waals surface area contributed by atoms with Crippen molar-refractivity contribution in [2.24, 2.45) is 5.73 Å². The number of halogens is 1. The molecule has 278 valence electrons. The van der Waals surface area contributed by atoms with Crippen molar-refractivity contribution >= 4 is 12.4 Å². The molecule has 2 heteroatoms. The molecule has 0 amide bonds. The third-order valence-electron chi connectivity index (χ3n) is 10.5. The molecule has 0 aromatic heterocycles. The lowest BCUT2D eigenvalue weighted by atomic mass is 9.84. The number of nitrogens with two attached hydrogens (primary N) is 1. The smallest absolute Gasteiger partial charge is 0.0355 e. The fourth-order valence-corrected chi connectivity index (χ4v) is 7.48. The van der Waals surface area contributed by atoms with Gasteiger partial charge in [-0.15, -0.1) is 12.4 Å². The van der Waals surface area contributed by atoms with Crippen LogP contribution in [0.15, 0.2) is 18.2 Å². The Bertz CT molecular complexity index is 766. The predicted octanol–water partition coefficient (Wildman–Crippen LogP) is 15.9. The zero-order valence-corrected chi connectivity index (χ0v) is 33.6. The van der Waals surface area contributed by atoms with Crippen molar-refractivity contribution in [3.63, 3.8) is 0 Å². The number of hydrogen-bond acceptors (Lipinski definition) is 1. The third kappa shape index (κ3) is 27.9. The summed E-state index contributed by atoms with van der Waals surface area (Å²) in [5.41, 5.74) is 11.0. The molecule has 0 unspecified atom stereocenters. The molecule has 0 spiro atoms. The summed E-state index contributed by atoms with van der Waals surface area (Å²) < 4.78 is 0. The highest BCUT2D eigenvalue weighted by atomic mass is 35.5. The van der Waals surface area contributed by atoms with Crippen molar-refractivity contribution in [2.45, 2.75) is 252 Å². The SMILES string of the molecule is CCCCCCCCCCCCCCCCCCc1cccc(C(C)(C)N)c1CCCCCCCCCCCCCCCCCC.Cl.